The molecule has 5 heteroatoms. The van der Waals surface area contributed by atoms with Gasteiger partial charge in [0.25, 0.3) is 0 Å². The zero-order chi connectivity index (χ0) is 14.5. The van der Waals surface area contributed by atoms with E-state index in [1.807, 2.05) is 31.2 Å². The third kappa shape index (κ3) is 3.17. The molecule has 5 nitrogen and oxygen atoms in total. The van der Waals surface area contributed by atoms with Crippen LogP contribution in [0.3, 0.4) is 0 Å². The normalized spacial score (nSPS) is 18.9. The summed E-state index contributed by atoms with van der Waals surface area (Å²) in [6, 6.07) is 6.98. The minimum absolute atomic E-state index is 0.217. The van der Waals surface area contributed by atoms with Crippen molar-refractivity contribution in [2.75, 3.05) is 6.54 Å². The summed E-state index contributed by atoms with van der Waals surface area (Å²) < 4.78 is 0. The van der Waals surface area contributed by atoms with Crippen LogP contribution in [0.4, 0.5) is 0 Å². The molecule has 20 heavy (non-hydrogen) atoms. The molecule has 0 radical (unpaired) electrons. The Morgan fingerprint density at radius 3 is 2.90 bits per heavy atom. The number of nitrogens with one attached hydrogen (secondary N) is 2. The van der Waals surface area contributed by atoms with Crippen LogP contribution in [0.5, 0.6) is 0 Å². The Labute approximate surface area is 118 Å². The summed E-state index contributed by atoms with van der Waals surface area (Å²) >= 11 is 0. The average Bonchev–Trinajstić information content (AvgIpc) is 2.46. The van der Waals surface area contributed by atoms with E-state index in [1.165, 1.54) is 0 Å². The lowest BCUT2D eigenvalue weighted by Gasteiger charge is -2.26. The summed E-state index contributed by atoms with van der Waals surface area (Å²) in [7, 11) is 0. The van der Waals surface area contributed by atoms with Crippen molar-refractivity contribution in [2.45, 2.75) is 38.3 Å². The molecule has 3 N–H and O–H groups in total. The van der Waals surface area contributed by atoms with Gasteiger partial charge in [-0.05, 0) is 17.5 Å². The van der Waals surface area contributed by atoms with Crippen molar-refractivity contribution < 1.29 is 14.7 Å². The summed E-state index contributed by atoms with van der Waals surface area (Å²) in [5.41, 5.74) is 2.09. The number of hydrogen-bond acceptors (Lipinski definition) is 3. The number of benzene rings is 1. The van der Waals surface area contributed by atoms with E-state index in [0.717, 1.165) is 24.1 Å². The van der Waals surface area contributed by atoms with Gasteiger partial charge in [-0.3, -0.25) is 4.79 Å². The van der Waals surface area contributed by atoms with E-state index >= 15 is 0 Å². The summed E-state index contributed by atoms with van der Waals surface area (Å²) in [6.45, 7) is 3.19. The van der Waals surface area contributed by atoms with E-state index in [-0.39, 0.29) is 11.8 Å². The van der Waals surface area contributed by atoms with Crippen molar-refractivity contribution in [3.8, 4) is 0 Å². The second-order valence-electron chi connectivity index (χ2n) is 5.07. The van der Waals surface area contributed by atoms with E-state index in [2.05, 4.69) is 10.6 Å². The molecule has 1 aliphatic rings. The lowest BCUT2D eigenvalue weighted by molar-refractivity contribution is -0.142. The van der Waals surface area contributed by atoms with Crippen LogP contribution in [0.15, 0.2) is 24.3 Å². The van der Waals surface area contributed by atoms with E-state index in [4.69, 9.17) is 5.11 Å². The molecule has 1 aliphatic heterocycles. The number of carboxylic acids is 1. The smallest absolute Gasteiger partial charge is 0.326 e. The lowest BCUT2D eigenvalue weighted by Crippen LogP contribution is -2.46. The molecule has 1 aromatic carbocycles. The van der Waals surface area contributed by atoms with Gasteiger partial charge in [-0.2, -0.15) is 0 Å². The molecule has 2 atom stereocenters. The van der Waals surface area contributed by atoms with Gasteiger partial charge >= 0.3 is 5.97 Å². The molecule has 0 bridgehead atoms. The summed E-state index contributed by atoms with van der Waals surface area (Å²) in [6.07, 6.45) is 1.17. The van der Waals surface area contributed by atoms with Gasteiger partial charge in [0.2, 0.25) is 5.91 Å². The zero-order valence-electron chi connectivity index (χ0n) is 11.6. The Balaban J connectivity index is 2.12. The monoisotopic (exact) mass is 276 g/mol. The van der Waals surface area contributed by atoms with Gasteiger partial charge in [-0.1, -0.05) is 37.6 Å². The largest absolute Gasteiger partial charge is 0.480 e. The quantitative estimate of drug-likeness (QED) is 0.756. The number of hydrogen-bond donors (Lipinski definition) is 3. The van der Waals surface area contributed by atoms with E-state index in [0.29, 0.717) is 13.0 Å². The molecule has 0 saturated carbocycles. The van der Waals surface area contributed by atoms with Gasteiger partial charge in [0.15, 0.2) is 0 Å². The van der Waals surface area contributed by atoms with Crippen molar-refractivity contribution in [2.24, 2.45) is 0 Å². The maximum Gasteiger partial charge on any atom is 0.326 e. The van der Waals surface area contributed by atoms with Crippen LogP contribution in [0.2, 0.25) is 0 Å². The van der Waals surface area contributed by atoms with Crippen LogP contribution in [0, 0.1) is 0 Å². The highest BCUT2D eigenvalue weighted by Gasteiger charge is 2.29. The van der Waals surface area contributed by atoms with Crippen LogP contribution < -0.4 is 10.6 Å². The molecule has 1 aromatic rings. The minimum Gasteiger partial charge on any atom is -0.480 e. The van der Waals surface area contributed by atoms with Crippen molar-refractivity contribution in [1.82, 2.24) is 10.6 Å². The van der Waals surface area contributed by atoms with Crippen molar-refractivity contribution in [1.29, 1.82) is 0 Å². The van der Waals surface area contributed by atoms with E-state index < -0.39 is 12.0 Å². The number of rotatable bonds is 5. The molecule has 1 unspecified atom stereocenters. The Morgan fingerprint density at radius 1 is 1.45 bits per heavy atom. The molecule has 2 rings (SSSR count). The minimum atomic E-state index is -0.975. The molecule has 0 saturated heterocycles. The van der Waals surface area contributed by atoms with Crippen molar-refractivity contribution in [3.63, 3.8) is 0 Å². The topological polar surface area (TPSA) is 78.4 Å². The SMILES string of the molecule is CCC[C@H](NC(=O)C1CNCc2ccccc21)C(=O)O. The van der Waals surface area contributed by atoms with Crippen LogP contribution >= 0.6 is 0 Å². The molecule has 108 valence electrons. The average molecular weight is 276 g/mol. The first-order chi connectivity index (χ1) is 9.63. The maximum atomic E-state index is 12.3. The van der Waals surface area contributed by atoms with Crippen molar-refractivity contribution >= 4 is 11.9 Å². The van der Waals surface area contributed by atoms with Gasteiger partial charge in [-0.15, -0.1) is 0 Å². The Hall–Kier alpha value is -1.88. The first-order valence-electron chi connectivity index (χ1n) is 6.95. The van der Waals surface area contributed by atoms with E-state index in [1.54, 1.807) is 0 Å². The first kappa shape index (κ1) is 14.5. The third-order valence-corrected chi connectivity index (χ3v) is 3.60. The highest BCUT2D eigenvalue weighted by molar-refractivity contribution is 5.88. The highest BCUT2D eigenvalue weighted by Crippen LogP contribution is 2.24. The predicted molar refractivity (Wildman–Crippen MR) is 75.4 cm³/mol. The summed E-state index contributed by atoms with van der Waals surface area (Å²) in [5, 5.41) is 15.0. The first-order valence-corrected chi connectivity index (χ1v) is 6.95. The van der Waals surface area contributed by atoms with Crippen LogP contribution in [0.1, 0.15) is 36.8 Å². The number of carbonyl (C=O) groups is 2. The zero-order valence-corrected chi connectivity index (χ0v) is 11.6. The lowest BCUT2D eigenvalue weighted by atomic mass is 9.90. The fraction of sp³-hybridized carbons (Fsp3) is 0.467. The molecule has 0 aromatic heterocycles. The van der Waals surface area contributed by atoms with Crippen LogP contribution in [-0.2, 0) is 16.1 Å². The van der Waals surface area contributed by atoms with Gasteiger partial charge in [0.05, 0.1) is 5.92 Å². The predicted octanol–water partition coefficient (Wildman–Crippen LogP) is 1.24. The van der Waals surface area contributed by atoms with Gasteiger partial charge in [-0.25, -0.2) is 4.79 Å². The summed E-state index contributed by atoms with van der Waals surface area (Å²) in [5.74, 6) is -1.51. The number of amides is 1. The number of carbonyl (C=O) groups excluding carboxylic acids is 1. The number of carboxylic acid groups (broad SMARTS) is 1. The van der Waals surface area contributed by atoms with Gasteiger partial charge < -0.3 is 15.7 Å². The van der Waals surface area contributed by atoms with Gasteiger partial charge in [0, 0.05) is 13.1 Å². The molecular weight excluding hydrogens is 256 g/mol. The summed E-state index contributed by atoms with van der Waals surface area (Å²) in [4.78, 5) is 23.5. The molecule has 0 spiro atoms. The Bertz CT molecular complexity index is 502. The second kappa shape index (κ2) is 6.52. The molecule has 0 aliphatic carbocycles. The fourth-order valence-corrected chi connectivity index (χ4v) is 2.55. The molecular formula is C15H20N2O3. The number of fused-ring (bicyclic) bond motifs is 1. The molecule has 1 heterocycles. The number of aliphatic carboxylic acids is 1. The fourth-order valence-electron chi connectivity index (χ4n) is 2.55. The van der Waals surface area contributed by atoms with Gasteiger partial charge in [0.1, 0.15) is 6.04 Å². The second-order valence-corrected chi connectivity index (χ2v) is 5.07. The molecule has 0 fully saturated rings. The highest BCUT2D eigenvalue weighted by atomic mass is 16.4. The van der Waals surface area contributed by atoms with Crippen LogP contribution in [-0.4, -0.2) is 29.6 Å². The third-order valence-electron chi connectivity index (χ3n) is 3.60. The maximum absolute atomic E-state index is 12.3. The van der Waals surface area contributed by atoms with Crippen LogP contribution in [0.25, 0.3) is 0 Å². The van der Waals surface area contributed by atoms with Crippen molar-refractivity contribution in [3.05, 3.63) is 35.4 Å². The van der Waals surface area contributed by atoms with E-state index in [9.17, 15) is 9.59 Å². The Morgan fingerprint density at radius 2 is 2.20 bits per heavy atom. The standard InChI is InChI=1S/C15H20N2O3/c1-2-5-13(15(19)20)17-14(18)12-9-16-8-10-6-3-4-7-11(10)12/h3-4,6-7,12-13,16H,2,5,8-9H2,1H3,(H,17,18)(H,19,20)/t12?,13-/m0/s1. The Kier molecular flexibility index (Phi) is 4.74. The molecule has 1 amide bonds.